The predicted molar refractivity (Wildman–Crippen MR) is 95.1 cm³/mol. The maximum absolute atomic E-state index is 12.9. The Hall–Kier alpha value is -2.92. The van der Waals surface area contributed by atoms with Gasteiger partial charge in [-0.15, -0.1) is 0 Å². The number of rotatable bonds is 9. The molecule has 12 heteroatoms. The van der Waals surface area contributed by atoms with E-state index in [-0.39, 0.29) is 42.7 Å². The van der Waals surface area contributed by atoms with Gasteiger partial charge in [-0.2, -0.15) is 23.4 Å². The maximum Gasteiger partial charge on any atom is 0.435 e. The van der Waals surface area contributed by atoms with E-state index in [1.54, 1.807) is 0 Å². The van der Waals surface area contributed by atoms with Crippen molar-refractivity contribution in [2.24, 2.45) is 0 Å². The Morgan fingerprint density at radius 1 is 1.34 bits per heavy atom. The molecule has 0 aromatic carbocycles. The molecule has 0 unspecified atom stereocenters. The Kier molecular flexibility index (Phi) is 5.89. The van der Waals surface area contributed by atoms with Crippen LogP contribution in [0.5, 0.6) is 0 Å². The van der Waals surface area contributed by atoms with Gasteiger partial charge in [0.1, 0.15) is 11.9 Å². The molecule has 1 N–H and O–H groups in total. The van der Waals surface area contributed by atoms with Crippen molar-refractivity contribution in [2.45, 2.75) is 57.8 Å². The number of hydrogen-bond donors (Lipinski definition) is 1. The van der Waals surface area contributed by atoms with Crippen molar-refractivity contribution in [3.8, 4) is 0 Å². The summed E-state index contributed by atoms with van der Waals surface area (Å²) in [5, 5.41) is 21.1. The lowest BCUT2D eigenvalue weighted by atomic mass is 10.2. The first kappa shape index (κ1) is 20.8. The first-order valence-electron chi connectivity index (χ1n) is 9.25. The fourth-order valence-corrected chi connectivity index (χ4v) is 3.02. The number of aromatic nitrogens is 4. The van der Waals surface area contributed by atoms with E-state index >= 15 is 0 Å². The van der Waals surface area contributed by atoms with Gasteiger partial charge in [0.15, 0.2) is 5.69 Å². The van der Waals surface area contributed by atoms with Crippen LogP contribution < -0.4 is 5.32 Å². The largest absolute Gasteiger partial charge is 0.435 e. The summed E-state index contributed by atoms with van der Waals surface area (Å²) in [5.74, 6) is -0.130. The quantitative estimate of drug-likeness (QED) is 0.386. The van der Waals surface area contributed by atoms with Gasteiger partial charge in [-0.3, -0.25) is 24.3 Å². The Labute approximate surface area is 164 Å². The molecule has 2 aromatic heterocycles. The van der Waals surface area contributed by atoms with Crippen LogP contribution in [0.25, 0.3) is 0 Å². The molecule has 0 saturated heterocycles. The average Bonchev–Trinajstić information content (AvgIpc) is 3.26. The second-order valence-electron chi connectivity index (χ2n) is 7.02. The lowest BCUT2D eigenvalue weighted by Crippen LogP contribution is -2.26. The maximum atomic E-state index is 12.9. The number of hydrogen-bond acceptors (Lipinski definition) is 5. The van der Waals surface area contributed by atoms with E-state index in [1.807, 2.05) is 0 Å². The predicted octanol–water partition coefficient (Wildman–Crippen LogP) is 2.79. The Morgan fingerprint density at radius 3 is 2.66 bits per heavy atom. The molecular formula is C17H21F3N6O3. The summed E-state index contributed by atoms with van der Waals surface area (Å²) in [6.07, 6.45) is -0.932. The SMILES string of the molecule is Cc1nn(CCC(=O)NCCCn2nc(C(F)(F)F)cc2C2CC2)cc1[N+](=O)[O-]. The third-order valence-corrected chi connectivity index (χ3v) is 4.65. The number of carbonyl (C=O) groups is 1. The third kappa shape index (κ3) is 5.33. The van der Waals surface area contributed by atoms with Crippen molar-refractivity contribution in [3.05, 3.63) is 39.5 Å². The van der Waals surface area contributed by atoms with Crippen LogP contribution in [-0.2, 0) is 24.1 Å². The van der Waals surface area contributed by atoms with E-state index in [0.717, 1.165) is 18.9 Å². The zero-order valence-electron chi connectivity index (χ0n) is 15.8. The zero-order valence-corrected chi connectivity index (χ0v) is 15.8. The van der Waals surface area contributed by atoms with Crippen molar-refractivity contribution < 1.29 is 22.9 Å². The molecule has 1 aliphatic rings. The van der Waals surface area contributed by atoms with Crippen LogP contribution in [0.1, 0.15) is 48.7 Å². The van der Waals surface area contributed by atoms with Gasteiger partial charge in [-0.25, -0.2) is 0 Å². The molecule has 158 valence electrons. The summed E-state index contributed by atoms with van der Waals surface area (Å²) in [7, 11) is 0. The molecule has 29 heavy (non-hydrogen) atoms. The van der Waals surface area contributed by atoms with E-state index in [4.69, 9.17) is 0 Å². The normalized spacial score (nSPS) is 14.2. The summed E-state index contributed by atoms with van der Waals surface area (Å²) in [6.45, 7) is 2.29. The Morgan fingerprint density at radius 2 is 2.07 bits per heavy atom. The minimum atomic E-state index is -4.47. The molecule has 3 rings (SSSR count). The van der Waals surface area contributed by atoms with E-state index in [0.29, 0.717) is 18.7 Å². The highest BCUT2D eigenvalue weighted by molar-refractivity contribution is 5.75. The van der Waals surface area contributed by atoms with Gasteiger partial charge in [0, 0.05) is 37.7 Å². The van der Waals surface area contributed by atoms with Gasteiger partial charge < -0.3 is 5.32 Å². The fourth-order valence-electron chi connectivity index (χ4n) is 3.02. The van der Waals surface area contributed by atoms with Crippen molar-refractivity contribution in [1.82, 2.24) is 24.9 Å². The van der Waals surface area contributed by atoms with Crippen LogP contribution >= 0.6 is 0 Å². The monoisotopic (exact) mass is 414 g/mol. The molecule has 9 nitrogen and oxygen atoms in total. The second kappa shape index (κ2) is 8.21. The molecule has 0 spiro atoms. The molecular weight excluding hydrogens is 393 g/mol. The number of nitro groups is 1. The number of alkyl halides is 3. The summed E-state index contributed by atoms with van der Waals surface area (Å²) in [6, 6.07) is 1.11. The average molecular weight is 414 g/mol. The molecule has 0 atom stereocenters. The Bertz CT molecular complexity index is 901. The van der Waals surface area contributed by atoms with Gasteiger partial charge in [0.2, 0.25) is 5.91 Å². The highest BCUT2D eigenvalue weighted by atomic mass is 19.4. The number of carbonyl (C=O) groups excluding carboxylic acids is 1. The first-order chi connectivity index (χ1) is 13.6. The molecule has 1 aliphatic carbocycles. The molecule has 1 amide bonds. The molecule has 0 aliphatic heterocycles. The molecule has 2 heterocycles. The highest BCUT2D eigenvalue weighted by Gasteiger charge is 2.37. The van der Waals surface area contributed by atoms with E-state index in [2.05, 4.69) is 15.5 Å². The lowest BCUT2D eigenvalue weighted by Gasteiger charge is -2.08. The number of amides is 1. The van der Waals surface area contributed by atoms with Gasteiger partial charge >= 0.3 is 11.9 Å². The smallest absolute Gasteiger partial charge is 0.356 e. The van der Waals surface area contributed by atoms with Crippen molar-refractivity contribution in [1.29, 1.82) is 0 Å². The standard InChI is InChI=1S/C17H21F3N6O3/c1-11-14(26(28)29)10-24(22-11)8-5-16(27)21-6-2-7-25-13(12-3-4-12)9-15(23-25)17(18,19)20/h9-10,12H,2-8H2,1H3,(H,21,27). The van der Waals surface area contributed by atoms with Gasteiger partial charge in [0.25, 0.3) is 0 Å². The van der Waals surface area contributed by atoms with Gasteiger partial charge in [0.05, 0.1) is 4.92 Å². The zero-order chi connectivity index (χ0) is 21.2. The summed E-state index contributed by atoms with van der Waals surface area (Å²) < 4.78 is 41.4. The van der Waals surface area contributed by atoms with Crippen molar-refractivity contribution in [3.63, 3.8) is 0 Å². The van der Waals surface area contributed by atoms with E-state index in [9.17, 15) is 28.1 Å². The topological polar surface area (TPSA) is 108 Å². The van der Waals surface area contributed by atoms with Crippen LogP contribution in [0.2, 0.25) is 0 Å². The number of halogens is 3. The van der Waals surface area contributed by atoms with E-state index < -0.39 is 16.8 Å². The fraction of sp³-hybridized carbons (Fsp3) is 0.588. The lowest BCUT2D eigenvalue weighted by molar-refractivity contribution is -0.385. The minimum absolute atomic E-state index is 0.0889. The molecule has 1 fully saturated rings. The highest BCUT2D eigenvalue weighted by Crippen LogP contribution is 2.42. The Balaban J connectivity index is 1.43. The van der Waals surface area contributed by atoms with Crippen LogP contribution in [0.15, 0.2) is 12.3 Å². The molecule has 0 radical (unpaired) electrons. The van der Waals surface area contributed by atoms with Crippen LogP contribution in [0.3, 0.4) is 0 Å². The van der Waals surface area contributed by atoms with E-state index in [1.165, 1.54) is 22.5 Å². The third-order valence-electron chi connectivity index (χ3n) is 4.65. The van der Waals surface area contributed by atoms with Crippen molar-refractivity contribution >= 4 is 11.6 Å². The number of aryl methyl sites for hydroxylation is 3. The molecule has 2 aromatic rings. The molecule has 1 saturated carbocycles. The second-order valence-corrected chi connectivity index (χ2v) is 7.02. The number of nitrogens with one attached hydrogen (secondary N) is 1. The summed E-state index contributed by atoms with van der Waals surface area (Å²) >= 11 is 0. The van der Waals surface area contributed by atoms with Gasteiger partial charge in [-0.1, -0.05) is 0 Å². The first-order valence-corrected chi connectivity index (χ1v) is 9.25. The minimum Gasteiger partial charge on any atom is -0.356 e. The van der Waals surface area contributed by atoms with Crippen molar-refractivity contribution in [2.75, 3.05) is 6.54 Å². The summed E-state index contributed by atoms with van der Waals surface area (Å²) in [4.78, 5) is 22.2. The molecule has 0 bridgehead atoms. The summed E-state index contributed by atoms with van der Waals surface area (Å²) in [5.41, 5.74) is -0.111. The van der Waals surface area contributed by atoms with Crippen LogP contribution in [-0.4, -0.2) is 36.9 Å². The van der Waals surface area contributed by atoms with Gasteiger partial charge in [-0.05, 0) is 32.3 Å². The number of nitrogens with zero attached hydrogens (tertiary/aromatic N) is 5. The van der Waals surface area contributed by atoms with Crippen LogP contribution in [0, 0.1) is 17.0 Å². The van der Waals surface area contributed by atoms with Crippen LogP contribution in [0.4, 0.5) is 18.9 Å².